The average molecular weight is 463 g/mol. The van der Waals surface area contributed by atoms with E-state index in [1.54, 1.807) is 13.1 Å². The molecule has 170 valence electrons. The second-order valence-electron chi connectivity index (χ2n) is 7.62. The maximum Gasteiger partial charge on any atom is 0.338 e. The molecule has 1 N–H and O–H groups in total. The summed E-state index contributed by atoms with van der Waals surface area (Å²) in [7, 11) is 0. The van der Waals surface area contributed by atoms with E-state index in [1.165, 1.54) is 11.8 Å². The van der Waals surface area contributed by atoms with E-state index in [0.717, 1.165) is 22.1 Å². The standard InChI is InChI=1S/C25H26N4O3S/c1-3-32-24(31)22-17(2)28-25-29(23(22)18-9-5-4-6-10-18)20(16-33-25)15-21(30)27-14-12-19-11-7-8-13-26-19/h4-11,13,16,23H,3,12,14-15H2,1-2H3,(H,27,30). The summed E-state index contributed by atoms with van der Waals surface area (Å²) in [6.07, 6.45) is 2.60. The van der Waals surface area contributed by atoms with Gasteiger partial charge in [-0.15, -0.1) is 0 Å². The minimum atomic E-state index is -0.402. The van der Waals surface area contributed by atoms with Gasteiger partial charge in [0.05, 0.1) is 30.3 Å². The highest BCUT2D eigenvalue weighted by atomic mass is 32.2. The van der Waals surface area contributed by atoms with Gasteiger partial charge in [0.25, 0.3) is 0 Å². The summed E-state index contributed by atoms with van der Waals surface area (Å²) in [6, 6.07) is 15.1. The van der Waals surface area contributed by atoms with E-state index in [2.05, 4.69) is 15.3 Å². The van der Waals surface area contributed by atoms with E-state index in [0.29, 0.717) is 24.2 Å². The number of nitrogens with one attached hydrogen (secondary N) is 1. The van der Waals surface area contributed by atoms with Gasteiger partial charge in [0.1, 0.15) is 0 Å². The zero-order valence-electron chi connectivity index (χ0n) is 18.7. The number of nitrogens with zero attached hydrogens (tertiary/aromatic N) is 3. The van der Waals surface area contributed by atoms with Gasteiger partial charge in [0, 0.05) is 30.6 Å². The Bertz CT molecular complexity index is 1110. The molecule has 0 fully saturated rings. The number of pyridine rings is 1. The lowest BCUT2D eigenvalue weighted by atomic mass is 9.94. The fourth-order valence-electron chi connectivity index (χ4n) is 3.89. The molecule has 1 atom stereocenters. The van der Waals surface area contributed by atoms with Crippen molar-refractivity contribution in [2.45, 2.75) is 32.7 Å². The molecule has 1 unspecified atom stereocenters. The van der Waals surface area contributed by atoms with Crippen LogP contribution < -0.4 is 5.32 Å². The molecule has 0 saturated carbocycles. The molecule has 2 aliphatic heterocycles. The van der Waals surface area contributed by atoms with Crippen molar-refractivity contribution in [1.29, 1.82) is 0 Å². The number of ether oxygens (including phenoxy) is 1. The summed E-state index contributed by atoms with van der Waals surface area (Å²) in [5.74, 6) is -0.475. The van der Waals surface area contributed by atoms with Crippen molar-refractivity contribution in [1.82, 2.24) is 15.2 Å². The summed E-state index contributed by atoms with van der Waals surface area (Å²) in [5, 5.41) is 5.67. The van der Waals surface area contributed by atoms with Crippen LogP contribution in [0.3, 0.4) is 0 Å². The molecule has 4 rings (SSSR count). The zero-order valence-corrected chi connectivity index (χ0v) is 19.5. The molecule has 8 heteroatoms. The molecular formula is C25H26N4O3S. The van der Waals surface area contributed by atoms with Gasteiger partial charge in [-0.05, 0) is 37.0 Å². The van der Waals surface area contributed by atoms with Gasteiger partial charge in [0.15, 0.2) is 5.17 Å². The highest BCUT2D eigenvalue weighted by Gasteiger charge is 2.40. The van der Waals surface area contributed by atoms with Crippen molar-refractivity contribution in [2.75, 3.05) is 13.2 Å². The molecule has 7 nitrogen and oxygen atoms in total. The first-order valence-electron chi connectivity index (χ1n) is 10.9. The Morgan fingerprint density at radius 1 is 1.15 bits per heavy atom. The SMILES string of the molecule is CCOC(=O)C1=C(C)N=C2SC=C(CC(=O)NCCc3ccccn3)N2C1c1ccccc1. The Hall–Kier alpha value is -3.39. The predicted molar refractivity (Wildman–Crippen MR) is 129 cm³/mol. The van der Waals surface area contributed by atoms with Gasteiger partial charge in [-0.3, -0.25) is 9.78 Å². The van der Waals surface area contributed by atoms with Crippen LogP contribution in [-0.2, 0) is 20.7 Å². The quantitative estimate of drug-likeness (QED) is 0.598. The number of amides is 1. The Morgan fingerprint density at radius 3 is 2.67 bits per heavy atom. The number of carbonyl (C=O) groups is 2. The largest absolute Gasteiger partial charge is 0.463 e. The molecule has 0 aliphatic carbocycles. The number of thioether (sulfide) groups is 1. The van der Waals surface area contributed by atoms with Gasteiger partial charge < -0.3 is 15.0 Å². The second-order valence-corrected chi connectivity index (χ2v) is 8.46. The second kappa shape index (κ2) is 10.5. The van der Waals surface area contributed by atoms with E-state index in [9.17, 15) is 9.59 Å². The predicted octanol–water partition coefficient (Wildman–Crippen LogP) is 3.97. The van der Waals surface area contributed by atoms with Crippen LogP contribution in [0.4, 0.5) is 0 Å². The van der Waals surface area contributed by atoms with Crippen molar-refractivity contribution < 1.29 is 14.3 Å². The van der Waals surface area contributed by atoms with Crippen molar-refractivity contribution in [3.05, 3.63) is 88.4 Å². The molecule has 0 radical (unpaired) electrons. The number of rotatable bonds is 8. The van der Waals surface area contributed by atoms with Gasteiger partial charge in [-0.1, -0.05) is 48.2 Å². The van der Waals surface area contributed by atoms with Crippen molar-refractivity contribution in [2.24, 2.45) is 4.99 Å². The van der Waals surface area contributed by atoms with Gasteiger partial charge in [0.2, 0.25) is 5.91 Å². The first kappa shape index (κ1) is 22.8. The highest BCUT2D eigenvalue weighted by Crippen LogP contribution is 2.44. The fraction of sp³-hybridized carbons (Fsp3) is 0.280. The Labute approximate surface area is 197 Å². The topological polar surface area (TPSA) is 83.9 Å². The molecule has 1 amide bonds. The number of fused-ring (bicyclic) bond motifs is 1. The monoisotopic (exact) mass is 462 g/mol. The molecule has 0 bridgehead atoms. The van der Waals surface area contributed by atoms with Crippen LogP contribution in [0.1, 0.15) is 37.6 Å². The molecule has 2 aliphatic rings. The third-order valence-electron chi connectivity index (χ3n) is 5.38. The van der Waals surface area contributed by atoms with Crippen molar-refractivity contribution >= 4 is 28.8 Å². The van der Waals surface area contributed by atoms with Crippen LogP contribution in [0.5, 0.6) is 0 Å². The number of allylic oxidation sites excluding steroid dienone is 1. The summed E-state index contributed by atoms with van der Waals surface area (Å²) in [4.78, 5) is 36.6. The first-order chi connectivity index (χ1) is 16.1. The fourth-order valence-corrected chi connectivity index (χ4v) is 4.86. The smallest absolute Gasteiger partial charge is 0.338 e. The molecule has 3 heterocycles. The molecule has 0 saturated heterocycles. The van der Waals surface area contributed by atoms with Crippen LogP contribution >= 0.6 is 11.8 Å². The normalized spacial score (nSPS) is 17.3. The lowest BCUT2D eigenvalue weighted by molar-refractivity contribution is -0.139. The number of carbonyl (C=O) groups excluding carboxylic acids is 2. The van der Waals surface area contributed by atoms with E-state index >= 15 is 0 Å². The van der Waals surface area contributed by atoms with Crippen LogP contribution in [-0.4, -0.2) is 40.1 Å². The lowest BCUT2D eigenvalue weighted by Crippen LogP contribution is -2.38. The van der Waals surface area contributed by atoms with E-state index in [-0.39, 0.29) is 24.9 Å². The summed E-state index contributed by atoms with van der Waals surface area (Å²) in [6.45, 7) is 4.40. The maximum absolute atomic E-state index is 12.9. The summed E-state index contributed by atoms with van der Waals surface area (Å²) in [5.41, 5.74) is 3.81. The molecule has 0 spiro atoms. The Kier molecular flexibility index (Phi) is 7.24. The molecule has 2 aromatic rings. The summed E-state index contributed by atoms with van der Waals surface area (Å²) >= 11 is 1.46. The molecule has 1 aromatic carbocycles. The van der Waals surface area contributed by atoms with E-state index in [1.807, 2.05) is 65.8 Å². The van der Waals surface area contributed by atoms with Crippen LogP contribution in [0.25, 0.3) is 0 Å². The highest BCUT2D eigenvalue weighted by molar-refractivity contribution is 8.16. The Balaban J connectivity index is 1.53. The van der Waals surface area contributed by atoms with Gasteiger partial charge in [-0.2, -0.15) is 0 Å². The number of hydrogen-bond donors (Lipinski definition) is 1. The van der Waals surface area contributed by atoms with E-state index < -0.39 is 6.04 Å². The van der Waals surface area contributed by atoms with Crippen LogP contribution in [0, 0.1) is 0 Å². The van der Waals surface area contributed by atoms with Crippen molar-refractivity contribution in [3.8, 4) is 0 Å². The number of aliphatic imine (C=N–C) groups is 1. The first-order valence-corrected chi connectivity index (χ1v) is 11.8. The number of hydrogen-bond acceptors (Lipinski definition) is 7. The molecule has 1 aromatic heterocycles. The minimum absolute atomic E-state index is 0.0881. The number of amidine groups is 1. The average Bonchev–Trinajstić information content (AvgIpc) is 3.21. The van der Waals surface area contributed by atoms with Gasteiger partial charge in [-0.25, -0.2) is 9.79 Å². The molecule has 33 heavy (non-hydrogen) atoms. The van der Waals surface area contributed by atoms with Crippen molar-refractivity contribution in [3.63, 3.8) is 0 Å². The third kappa shape index (κ3) is 5.17. The zero-order chi connectivity index (χ0) is 23.2. The number of esters is 1. The minimum Gasteiger partial charge on any atom is -0.463 e. The third-order valence-corrected chi connectivity index (χ3v) is 6.27. The Morgan fingerprint density at radius 2 is 1.94 bits per heavy atom. The number of benzene rings is 1. The summed E-state index contributed by atoms with van der Waals surface area (Å²) < 4.78 is 5.36. The number of aromatic nitrogens is 1. The van der Waals surface area contributed by atoms with Gasteiger partial charge >= 0.3 is 5.97 Å². The maximum atomic E-state index is 12.9. The molecular weight excluding hydrogens is 436 g/mol. The van der Waals surface area contributed by atoms with Crippen LogP contribution in [0.15, 0.2) is 82.1 Å². The van der Waals surface area contributed by atoms with E-state index in [4.69, 9.17) is 4.74 Å². The lowest BCUT2D eigenvalue weighted by Gasteiger charge is -2.36. The van der Waals surface area contributed by atoms with Crippen LogP contribution in [0.2, 0.25) is 0 Å².